The Morgan fingerprint density at radius 2 is 1.81 bits per heavy atom. The molecular weight excluding hydrogens is 364 g/mol. The van der Waals surface area contributed by atoms with Gasteiger partial charge in [0.2, 0.25) is 10.0 Å². The standard InChI is InChI=1S/C19H22N4O3S/c1-2-15-26-17-3-5-18(6-4-17)27(24,25)21-12-14-23-13-9-19(22-23)16-7-10-20-11-8-16/h3-11,13,21H,2,12,14-15H2,1H3. The van der Waals surface area contributed by atoms with Crippen LogP contribution in [0, 0.1) is 0 Å². The molecule has 3 aromatic rings. The number of pyridine rings is 1. The van der Waals surface area contributed by atoms with Gasteiger partial charge < -0.3 is 4.74 Å². The van der Waals surface area contributed by atoms with E-state index in [0.717, 1.165) is 17.7 Å². The van der Waals surface area contributed by atoms with Gasteiger partial charge in [-0.25, -0.2) is 13.1 Å². The third-order valence-electron chi connectivity index (χ3n) is 3.86. The molecule has 0 unspecified atom stereocenters. The lowest BCUT2D eigenvalue weighted by molar-refractivity contribution is 0.317. The van der Waals surface area contributed by atoms with Crippen LogP contribution in [0.4, 0.5) is 0 Å². The number of benzene rings is 1. The highest BCUT2D eigenvalue weighted by molar-refractivity contribution is 7.89. The summed E-state index contributed by atoms with van der Waals surface area (Å²) >= 11 is 0. The van der Waals surface area contributed by atoms with Crippen LogP contribution in [0.1, 0.15) is 13.3 Å². The molecule has 0 fully saturated rings. The van der Waals surface area contributed by atoms with Crippen molar-refractivity contribution in [3.05, 3.63) is 61.1 Å². The molecule has 0 amide bonds. The topological polar surface area (TPSA) is 86.1 Å². The fraction of sp³-hybridized carbons (Fsp3) is 0.263. The second-order valence-corrected chi connectivity index (χ2v) is 7.68. The number of ether oxygens (including phenoxy) is 1. The van der Waals surface area contributed by atoms with Gasteiger partial charge in [0, 0.05) is 30.7 Å². The van der Waals surface area contributed by atoms with Gasteiger partial charge in [-0.1, -0.05) is 6.92 Å². The molecule has 7 nitrogen and oxygen atoms in total. The number of nitrogens with one attached hydrogen (secondary N) is 1. The molecule has 0 aliphatic carbocycles. The third-order valence-corrected chi connectivity index (χ3v) is 5.33. The van der Waals surface area contributed by atoms with E-state index in [1.54, 1.807) is 41.3 Å². The van der Waals surface area contributed by atoms with Crippen LogP contribution < -0.4 is 9.46 Å². The number of nitrogens with zero attached hydrogens (tertiary/aromatic N) is 3. The van der Waals surface area contributed by atoms with Crippen LogP contribution in [0.2, 0.25) is 0 Å². The Balaban J connectivity index is 1.56. The fourth-order valence-electron chi connectivity index (χ4n) is 2.48. The molecule has 8 heteroatoms. The van der Waals surface area contributed by atoms with Gasteiger partial charge in [0.1, 0.15) is 5.75 Å². The molecule has 0 saturated carbocycles. The number of hydrogen-bond acceptors (Lipinski definition) is 5. The van der Waals surface area contributed by atoms with E-state index in [9.17, 15) is 8.42 Å². The summed E-state index contributed by atoms with van der Waals surface area (Å²) in [5.74, 6) is 0.663. The summed E-state index contributed by atoms with van der Waals surface area (Å²) in [5, 5.41) is 4.45. The Morgan fingerprint density at radius 3 is 2.52 bits per heavy atom. The second kappa shape index (κ2) is 8.79. The predicted octanol–water partition coefficient (Wildman–Crippen LogP) is 2.71. The van der Waals surface area contributed by atoms with Gasteiger partial charge in [-0.2, -0.15) is 5.10 Å². The molecule has 1 aromatic carbocycles. The highest BCUT2D eigenvalue weighted by Gasteiger charge is 2.13. The summed E-state index contributed by atoms with van der Waals surface area (Å²) < 4.78 is 34.5. The van der Waals surface area contributed by atoms with E-state index in [0.29, 0.717) is 18.9 Å². The van der Waals surface area contributed by atoms with E-state index in [-0.39, 0.29) is 11.4 Å². The monoisotopic (exact) mass is 386 g/mol. The van der Waals surface area contributed by atoms with E-state index in [2.05, 4.69) is 14.8 Å². The maximum atomic E-state index is 12.4. The number of sulfonamides is 1. The highest BCUT2D eigenvalue weighted by atomic mass is 32.2. The molecule has 3 rings (SSSR count). The van der Waals surface area contributed by atoms with Crippen molar-refractivity contribution in [2.24, 2.45) is 0 Å². The summed E-state index contributed by atoms with van der Waals surface area (Å²) in [4.78, 5) is 4.20. The first-order valence-corrected chi connectivity index (χ1v) is 10.2. The minimum atomic E-state index is -3.57. The van der Waals surface area contributed by atoms with Crippen molar-refractivity contribution < 1.29 is 13.2 Å². The summed E-state index contributed by atoms with van der Waals surface area (Å²) in [6, 6.07) is 12.1. The summed E-state index contributed by atoms with van der Waals surface area (Å²) in [6.07, 6.45) is 6.14. The quantitative estimate of drug-likeness (QED) is 0.611. The predicted molar refractivity (Wildman–Crippen MR) is 103 cm³/mol. The van der Waals surface area contributed by atoms with Crippen LogP contribution in [-0.2, 0) is 16.6 Å². The van der Waals surface area contributed by atoms with Crippen LogP contribution >= 0.6 is 0 Å². The molecule has 1 N–H and O–H groups in total. The fourth-order valence-corrected chi connectivity index (χ4v) is 3.50. The van der Waals surface area contributed by atoms with Crippen molar-refractivity contribution in [3.63, 3.8) is 0 Å². The van der Waals surface area contributed by atoms with Gasteiger partial charge in [0.05, 0.1) is 23.7 Å². The van der Waals surface area contributed by atoms with Gasteiger partial charge in [-0.15, -0.1) is 0 Å². The molecule has 0 bridgehead atoms. The van der Waals surface area contributed by atoms with E-state index in [4.69, 9.17) is 4.74 Å². The maximum Gasteiger partial charge on any atom is 0.240 e. The second-order valence-electron chi connectivity index (χ2n) is 5.92. The summed E-state index contributed by atoms with van der Waals surface area (Å²) in [5.41, 5.74) is 1.79. The Hall–Kier alpha value is -2.71. The smallest absolute Gasteiger partial charge is 0.240 e. The van der Waals surface area contributed by atoms with Crippen LogP contribution in [-0.4, -0.2) is 36.3 Å². The van der Waals surface area contributed by atoms with Crippen molar-refractivity contribution in [2.75, 3.05) is 13.2 Å². The van der Waals surface area contributed by atoms with Crippen molar-refractivity contribution in [1.29, 1.82) is 0 Å². The van der Waals surface area contributed by atoms with Gasteiger partial charge in [-0.3, -0.25) is 9.67 Å². The normalized spacial score (nSPS) is 11.4. The van der Waals surface area contributed by atoms with Crippen molar-refractivity contribution in [2.45, 2.75) is 24.8 Å². The molecule has 0 aliphatic rings. The van der Waals surface area contributed by atoms with E-state index >= 15 is 0 Å². The lowest BCUT2D eigenvalue weighted by Gasteiger charge is -2.08. The van der Waals surface area contributed by atoms with Crippen LogP contribution in [0.5, 0.6) is 5.75 Å². The number of rotatable bonds is 9. The minimum Gasteiger partial charge on any atom is -0.494 e. The molecule has 27 heavy (non-hydrogen) atoms. The average molecular weight is 386 g/mol. The van der Waals surface area contributed by atoms with Crippen molar-refractivity contribution >= 4 is 10.0 Å². The SMILES string of the molecule is CCCOc1ccc(S(=O)(=O)NCCn2ccc(-c3ccncc3)n2)cc1. The van der Waals surface area contributed by atoms with E-state index in [1.807, 2.05) is 31.3 Å². The zero-order chi connectivity index (χ0) is 19.1. The first-order valence-electron chi connectivity index (χ1n) is 8.75. The molecule has 0 radical (unpaired) electrons. The van der Waals surface area contributed by atoms with E-state index < -0.39 is 10.0 Å². The maximum absolute atomic E-state index is 12.4. The van der Waals surface area contributed by atoms with Crippen molar-refractivity contribution in [1.82, 2.24) is 19.5 Å². The van der Waals surface area contributed by atoms with Crippen LogP contribution in [0.3, 0.4) is 0 Å². The van der Waals surface area contributed by atoms with Gasteiger partial charge >= 0.3 is 0 Å². The first kappa shape index (κ1) is 19.1. The molecule has 0 spiro atoms. The lowest BCUT2D eigenvalue weighted by atomic mass is 10.2. The van der Waals surface area contributed by atoms with Crippen molar-refractivity contribution in [3.8, 4) is 17.0 Å². The Morgan fingerprint density at radius 1 is 1.07 bits per heavy atom. The van der Waals surface area contributed by atoms with Gasteiger partial charge in [0.25, 0.3) is 0 Å². The first-order chi connectivity index (χ1) is 13.1. The number of aromatic nitrogens is 3. The molecule has 0 atom stereocenters. The molecular formula is C19H22N4O3S. The highest BCUT2D eigenvalue weighted by Crippen LogP contribution is 2.17. The zero-order valence-corrected chi connectivity index (χ0v) is 15.9. The van der Waals surface area contributed by atoms with Gasteiger partial charge in [-0.05, 0) is 48.9 Å². The Kier molecular flexibility index (Phi) is 6.20. The zero-order valence-electron chi connectivity index (χ0n) is 15.1. The molecule has 2 heterocycles. The minimum absolute atomic E-state index is 0.212. The molecule has 2 aromatic heterocycles. The molecule has 0 saturated heterocycles. The summed E-state index contributed by atoms with van der Waals surface area (Å²) in [6.45, 7) is 3.30. The average Bonchev–Trinajstić information content (AvgIpc) is 3.16. The van der Waals surface area contributed by atoms with E-state index in [1.165, 1.54) is 0 Å². The molecule has 0 aliphatic heterocycles. The largest absolute Gasteiger partial charge is 0.494 e. The Labute approximate surface area is 159 Å². The lowest BCUT2D eigenvalue weighted by Crippen LogP contribution is -2.27. The molecule has 142 valence electrons. The Bertz CT molecular complexity index is 954. The van der Waals surface area contributed by atoms with Crippen LogP contribution in [0.25, 0.3) is 11.3 Å². The third kappa shape index (κ3) is 5.15. The number of hydrogen-bond donors (Lipinski definition) is 1. The van der Waals surface area contributed by atoms with Crippen LogP contribution in [0.15, 0.2) is 66.0 Å². The van der Waals surface area contributed by atoms with Gasteiger partial charge in [0.15, 0.2) is 0 Å². The summed E-state index contributed by atoms with van der Waals surface area (Å²) in [7, 11) is -3.57.